The van der Waals surface area contributed by atoms with Crippen LogP contribution in [0.15, 0.2) is 42.5 Å². The Balaban J connectivity index is 1.71. The van der Waals surface area contributed by atoms with Crippen molar-refractivity contribution in [3.63, 3.8) is 0 Å². The maximum Gasteiger partial charge on any atom is 0.252 e. The van der Waals surface area contributed by atoms with Crippen molar-refractivity contribution in [1.82, 2.24) is 5.32 Å². The Labute approximate surface area is 145 Å². The molecule has 1 N–H and O–H groups in total. The first kappa shape index (κ1) is 16.3. The topological polar surface area (TPSA) is 38.3 Å². The standard InChI is InChI=1S/C18H17Cl2NO2/c1-23-18(9-12-4-2-3-5-13(12)10-18)11-21-17(22)15-7-6-14(19)8-16(15)20/h2-8H,9-11H2,1H3,(H,21,22). The van der Waals surface area contributed by atoms with Crippen molar-refractivity contribution < 1.29 is 9.53 Å². The molecule has 0 aliphatic heterocycles. The SMILES string of the molecule is COC1(CNC(=O)c2ccc(Cl)cc2Cl)Cc2ccccc2C1. The Hall–Kier alpha value is -1.55. The zero-order chi connectivity index (χ0) is 16.4. The molecule has 1 aliphatic rings. The Kier molecular flexibility index (Phi) is 4.62. The molecule has 0 aromatic heterocycles. The minimum atomic E-state index is -0.405. The summed E-state index contributed by atoms with van der Waals surface area (Å²) < 4.78 is 5.75. The maximum atomic E-state index is 12.4. The Morgan fingerprint density at radius 3 is 2.39 bits per heavy atom. The number of carbonyl (C=O) groups is 1. The molecule has 2 aromatic rings. The molecule has 0 bridgehead atoms. The van der Waals surface area contributed by atoms with Crippen LogP contribution in [0.3, 0.4) is 0 Å². The van der Waals surface area contributed by atoms with Crippen molar-refractivity contribution in [2.75, 3.05) is 13.7 Å². The highest BCUT2D eigenvalue weighted by Gasteiger charge is 2.37. The first-order valence-corrected chi connectivity index (χ1v) is 8.14. The van der Waals surface area contributed by atoms with Gasteiger partial charge in [-0.05, 0) is 29.3 Å². The number of ether oxygens (including phenoxy) is 1. The van der Waals surface area contributed by atoms with Crippen LogP contribution < -0.4 is 5.32 Å². The summed E-state index contributed by atoms with van der Waals surface area (Å²) in [4.78, 5) is 12.4. The lowest BCUT2D eigenvalue weighted by molar-refractivity contribution is 0.000177. The number of fused-ring (bicyclic) bond motifs is 1. The summed E-state index contributed by atoms with van der Waals surface area (Å²) in [7, 11) is 1.69. The van der Waals surface area contributed by atoms with Crippen molar-refractivity contribution in [1.29, 1.82) is 0 Å². The van der Waals surface area contributed by atoms with E-state index in [4.69, 9.17) is 27.9 Å². The molecule has 120 valence electrons. The number of halogens is 2. The summed E-state index contributed by atoms with van der Waals surface area (Å²) in [6, 6.07) is 13.1. The van der Waals surface area contributed by atoms with Crippen LogP contribution in [-0.4, -0.2) is 25.2 Å². The molecule has 0 saturated heterocycles. The number of methoxy groups -OCH3 is 1. The molecule has 0 radical (unpaired) electrons. The third kappa shape index (κ3) is 3.37. The smallest absolute Gasteiger partial charge is 0.252 e. The number of amides is 1. The molecule has 1 aliphatic carbocycles. The van der Waals surface area contributed by atoms with Crippen LogP contribution in [0.4, 0.5) is 0 Å². The summed E-state index contributed by atoms with van der Waals surface area (Å²) >= 11 is 11.9. The summed E-state index contributed by atoms with van der Waals surface area (Å²) in [6.07, 6.45) is 1.57. The fourth-order valence-electron chi connectivity index (χ4n) is 3.01. The molecule has 23 heavy (non-hydrogen) atoms. The third-order valence-corrected chi connectivity index (χ3v) is 4.87. The van der Waals surface area contributed by atoms with Crippen molar-refractivity contribution in [3.05, 3.63) is 69.2 Å². The van der Waals surface area contributed by atoms with E-state index in [2.05, 4.69) is 17.4 Å². The van der Waals surface area contributed by atoms with Gasteiger partial charge in [0.05, 0.1) is 16.2 Å². The van der Waals surface area contributed by atoms with Gasteiger partial charge in [0, 0.05) is 31.5 Å². The molecule has 0 unspecified atom stereocenters. The maximum absolute atomic E-state index is 12.4. The predicted octanol–water partition coefficient (Wildman–Crippen LogP) is 3.91. The molecule has 0 spiro atoms. The summed E-state index contributed by atoms with van der Waals surface area (Å²) in [5.74, 6) is -0.223. The van der Waals surface area contributed by atoms with Crippen LogP contribution in [-0.2, 0) is 17.6 Å². The largest absolute Gasteiger partial charge is 0.376 e. The highest BCUT2D eigenvalue weighted by atomic mass is 35.5. The van der Waals surface area contributed by atoms with E-state index in [-0.39, 0.29) is 5.91 Å². The molecule has 1 amide bonds. The van der Waals surface area contributed by atoms with Gasteiger partial charge in [0.25, 0.3) is 5.91 Å². The zero-order valence-corrected chi connectivity index (χ0v) is 14.2. The number of nitrogens with one attached hydrogen (secondary N) is 1. The number of benzene rings is 2. The summed E-state index contributed by atoms with van der Waals surface area (Å²) in [5, 5.41) is 3.79. The van der Waals surface area contributed by atoms with E-state index < -0.39 is 5.60 Å². The van der Waals surface area contributed by atoms with Crippen molar-refractivity contribution in [2.24, 2.45) is 0 Å². The molecule has 3 rings (SSSR count). The summed E-state index contributed by atoms with van der Waals surface area (Å²) in [5.41, 5.74) is 2.55. The molecular formula is C18H17Cl2NO2. The lowest BCUT2D eigenvalue weighted by Gasteiger charge is -2.27. The van der Waals surface area contributed by atoms with E-state index in [9.17, 15) is 4.79 Å². The second-order valence-electron chi connectivity index (χ2n) is 5.82. The second-order valence-corrected chi connectivity index (χ2v) is 6.66. The average Bonchev–Trinajstić information content (AvgIpc) is 2.92. The van der Waals surface area contributed by atoms with E-state index in [1.165, 1.54) is 11.1 Å². The molecule has 3 nitrogen and oxygen atoms in total. The highest BCUT2D eigenvalue weighted by molar-refractivity contribution is 6.36. The fourth-order valence-corrected chi connectivity index (χ4v) is 3.51. The average molecular weight is 350 g/mol. The van der Waals surface area contributed by atoms with E-state index in [0.717, 1.165) is 12.8 Å². The second kappa shape index (κ2) is 6.52. The fraction of sp³-hybridized carbons (Fsp3) is 0.278. The van der Waals surface area contributed by atoms with Crippen LogP contribution in [0.2, 0.25) is 10.0 Å². The van der Waals surface area contributed by atoms with Gasteiger partial charge in [-0.1, -0.05) is 47.5 Å². The number of rotatable bonds is 4. The van der Waals surface area contributed by atoms with E-state index in [1.807, 2.05) is 12.1 Å². The quantitative estimate of drug-likeness (QED) is 0.908. The number of carbonyl (C=O) groups excluding carboxylic acids is 1. The molecule has 5 heteroatoms. The molecule has 0 atom stereocenters. The van der Waals surface area contributed by atoms with Crippen LogP contribution in [0.5, 0.6) is 0 Å². The van der Waals surface area contributed by atoms with Gasteiger partial charge in [-0.3, -0.25) is 4.79 Å². The van der Waals surface area contributed by atoms with Gasteiger partial charge in [-0.15, -0.1) is 0 Å². The van der Waals surface area contributed by atoms with Crippen molar-refractivity contribution >= 4 is 29.1 Å². The van der Waals surface area contributed by atoms with Gasteiger partial charge >= 0.3 is 0 Å². The van der Waals surface area contributed by atoms with Gasteiger partial charge in [-0.25, -0.2) is 0 Å². The molecule has 0 fully saturated rings. The van der Waals surface area contributed by atoms with Crippen molar-refractivity contribution in [2.45, 2.75) is 18.4 Å². The monoisotopic (exact) mass is 349 g/mol. The first-order valence-electron chi connectivity index (χ1n) is 7.38. The number of hydrogen-bond donors (Lipinski definition) is 1. The minimum Gasteiger partial charge on any atom is -0.376 e. The lowest BCUT2D eigenvalue weighted by Crippen LogP contribution is -2.45. The first-order chi connectivity index (χ1) is 11.0. The minimum absolute atomic E-state index is 0.223. The highest BCUT2D eigenvalue weighted by Crippen LogP contribution is 2.32. The molecular weight excluding hydrogens is 333 g/mol. The Morgan fingerprint density at radius 2 is 1.83 bits per heavy atom. The van der Waals surface area contributed by atoms with Gasteiger partial charge < -0.3 is 10.1 Å². The zero-order valence-electron chi connectivity index (χ0n) is 12.7. The van der Waals surface area contributed by atoms with Crippen LogP contribution >= 0.6 is 23.2 Å². The van der Waals surface area contributed by atoms with Gasteiger partial charge in [0.15, 0.2) is 0 Å². The molecule has 2 aromatic carbocycles. The predicted molar refractivity (Wildman–Crippen MR) is 92.4 cm³/mol. The van der Waals surface area contributed by atoms with Crippen LogP contribution in [0.25, 0.3) is 0 Å². The molecule has 0 saturated carbocycles. The lowest BCUT2D eigenvalue weighted by atomic mass is 10.00. The number of hydrogen-bond acceptors (Lipinski definition) is 2. The molecule has 0 heterocycles. The van der Waals surface area contributed by atoms with Crippen LogP contribution in [0.1, 0.15) is 21.5 Å². The Bertz CT molecular complexity index is 721. The third-order valence-electron chi connectivity index (χ3n) is 4.32. The van der Waals surface area contributed by atoms with Crippen molar-refractivity contribution in [3.8, 4) is 0 Å². The van der Waals surface area contributed by atoms with E-state index in [0.29, 0.717) is 22.2 Å². The summed E-state index contributed by atoms with van der Waals surface area (Å²) in [6.45, 7) is 0.427. The van der Waals surface area contributed by atoms with Gasteiger partial charge in [-0.2, -0.15) is 0 Å². The van der Waals surface area contributed by atoms with E-state index >= 15 is 0 Å². The normalized spacial score (nSPS) is 15.3. The van der Waals surface area contributed by atoms with E-state index in [1.54, 1.807) is 25.3 Å². The van der Waals surface area contributed by atoms with Gasteiger partial charge in [0.1, 0.15) is 0 Å². The van der Waals surface area contributed by atoms with Crippen LogP contribution in [0, 0.1) is 0 Å². The van der Waals surface area contributed by atoms with Gasteiger partial charge in [0.2, 0.25) is 0 Å². The Morgan fingerprint density at radius 1 is 1.17 bits per heavy atom.